The van der Waals surface area contributed by atoms with Crippen molar-refractivity contribution in [3.05, 3.63) is 35.4 Å². The first-order valence-electron chi connectivity index (χ1n) is 6.64. The Hall–Kier alpha value is -1.84. The molecule has 1 aromatic rings. The molecule has 2 N–H and O–H groups in total. The maximum atomic E-state index is 11.7. The second-order valence-corrected chi connectivity index (χ2v) is 4.74. The van der Waals surface area contributed by atoms with Crippen LogP contribution in [0.4, 0.5) is 0 Å². The number of rotatable bonds is 7. The maximum absolute atomic E-state index is 11.7. The minimum Gasteiger partial charge on any atom is -0.478 e. The summed E-state index contributed by atoms with van der Waals surface area (Å²) in [5.41, 5.74) is 1.20. The van der Waals surface area contributed by atoms with Crippen molar-refractivity contribution in [3.8, 4) is 0 Å². The number of hydrogen-bond acceptors (Lipinski definition) is 2. The van der Waals surface area contributed by atoms with Crippen LogP contribution in [0.5, 0.6) is 0 Å². The van der Waals surface area contributed by atoms with Gasteiger partial charge >= 0.3 is 5.97 Å². The highest BCUT2D eigenvalue weighted by molar-refractivity contribution is 5.87. The van der Waals surface area contributed by atoms with Gasteiger partial charge in [0, 0.05) is 12.5 Å². The van der Waals surface area contributed by atoms with E-state index in [1.165, 1.54) is 0 Å². The van der Waals surface area contributed by atoms with Crippen LogP contribution < -0.4 is 5.32 Å². The van der Waals surface area contributed by atoms with Crippen LogP contribution in [0.3, 0.4) is 0 Å². The molecule has 104 valence electrons. The summed E-state index contributed by atoms with van der Waals surface area (Å²) in [5, 5.41) is 11.8. The Balaban J connectivity index is 2.43. The quantitative estimate of drug-likeness (QED) is 0.794. The van der Waals surface area contributed by atoms with E-state index in [2.05, 4.69) is 12.2 Å². The van der Waals surface area contributed by atoms with Crippen LogP contribution in [0.2, 0.25) is 0 Å². The van der Waals surface area contributed by atoms with Gasteiger partial charge in [-0.3, -0.25) is 4.79 Å². The van der Waals surface area contributed by atoms with E-state index in [4.69, 9.17) is 5.11 Å². The Labute approximate surface area is 113 Å². The number of carbonyl (C=O) groups is 2. The zero-order valence-electron chi connectivity index (χ0n) is 11.5. The molecular formula is C15H21NO3. The minimum atomic E-state index is -0.928. The summed E-state index contributed by atoms with van der Waals surface area (Å²) in [6.45, 7) is 4.51. The molecule has 0 aliphatic carbocycles. The molecule has 0 saturated heterocycles. The number of benzene rings is 1. The molecule has 4 nitrogen and oxygen atoms in total. The first-order valence-corrected chi connectivity index (χ1v) is 6.64. The van der Waals surface area contributed by atoms with Crippen molar-refractivity contribution in [2.75, 3.05) is 6.54 Å². The van der Waals surface area contributed by atoms with E-state index in [-0.39, 0.29) is 17.4 Å². The van der Waals surface area contributed by atoms with Gasteiger partial charge in [-0.15, -0.1) is 0 Å². The lowest BCUT2D eigenvalue weighted by atomic mass is 10.1. The van der Waals surface area contributed by atoms with Gasteiger partial charge in [-0.05, 0) is 30.5 Å². The average molecular weight is 263 g/mol. The largest absolute Gasteiger partial charge is 0.478 e. The third-order valence-electron chi connectivity index (χ3n) is 3.06. The number of hydrogen-bond donors (Lipinski definition) is 2. The van der Waals surface area contributed by atoms with Gasteiger partial charge in [-0.2, -0.15) is 0 Å². The van der Waals surface area contributed by atoms with Crippen molar-refractivity contribution in [1.82, 2.24) is 5.32 Å². The summed E-state index contributed by atoms with van der Waals surface area (Å²) < 4.78 is 0. The van der Waals surface area contributed by atoms with E-state index in [1.807, 2.05) is 13.0 Å². The SMILES string of the molecule is CCCC(C)C(=O)NCCc1cccc(C(=O)O)c1. The second-order valence-electron chi connectivity index (χ2n) is 4.74. The molecule has 1 rings (SSSR count). The second kappa shape index (κ2) is 7.56. The molecule has 0 spiro atoms. The van der Waals surface area contributed by atoms with Crippen LogP contribution in [0.15, 0.2) is 24.3 Å². The highest BCUT2D eigenvalue weighted by Crippen LogP contribution is 2.07. The summed E-state index contributed by atoms with van der Waals surface area (Å²) in [5.74, 6) is -0.825. The predicted molar refractivity (Wildman–Crippen MR) is 74.2 cm³/mol. The fourth-order valence-electron chi connectivity index (χ4n) is 1.93. The van der Waals surface area contributed by atoms with Gasteiger partial charge in [0.15, 0.2) is 0 Å². The zero-order chi connectivity index (χ0) is 14.3. The molecule has 1 amide bonds. The van der Waals surface area contributed by atoms with Gasteiger partial charge in [0.05, 0.1) is 5.56 Å². The zero-order valence-corrected chi connectivity index (χ0v) is 11.5. The first kappa shape index (κ1) is 15.2. The molecule has 0 fully saturated rings. The van der Waals surface area contributed by atoms with Gasteiger partial charge in [0.25, 0.3) is 0 Å². The molecule has 0 aliphatic rings. The van der Waals surface area contributed by atoms with Crippen molar-refractivity contribution in [2.45, 2.75) is 33.1 Å². The fourth-order valence-corrected chi connectivity index (χ4v) is 1.93. The molecule has 4 heteroatoms. The number of nitrogens with one attached hydrogen (secondary N) is 1. The van der Waals surface area contributed by atoms with E-state index in [1.54, 1.807) is 18.2 Å². The molecule has 0 aromatic heterocycles. The molecule has 0 radical (unpaired) electrons. The number of aromatic carboxylic acids is 1. The summed E-state index contributed by atoms with van der Waals surface area (Å²) in [7, 11) is 0. The van der Waals surface area contributed by atoms with Crippen molar-refractivity contribution < 1.29 is 14.7 Å². The van der Waals surface area contributed by atoms with Crippen LogP contribution in [0.25, 0.3) is 0 Å². The lowest BCUT2D eigenvalue weighted by Gasteiger charge is -2.11. The van der Waals surface area contributed by atoms with E-state index < -0.39 is 5.97 Å². The fraction of sp³-hybridized carbons (Fsp3) is 0.467. The Morgan fingerprint density at radius 2 is 2.11 bits per heavy atom. The average Bonchev–Trinajstić information content (AvgIpc) is 2.39. The van der Waals surface area contributed by atoms with Crippen molar-refractivity contribution in [2.24, 2.45) is 5.92 Å². The Kier molecular flexibility index (Phi) is 6.06. The van der Waals surface area contributed by atoms with E-state index in [0.29, 0.717) is 13.0 Å². The smallest absolute Gasteiger partial charge is 0.335 e. The highest BCUT2D eigenvalue weighted by Gasteiger charge is 2.10. The predicted octanol–water partition coefficient (Wildman–Crippen LogP) is 2.48. The van der Waals surface area contributed by atoms with E-state index in [9.17, 15) is 9.59 Å². The van der Waals surface area contributed by atoms with E-state index in [0.717, 1.165) is 18.4 Å². The Morgan fingerprint density at radius 3 is 2.74 bits per heavy atom. The first-order chi connectivity index (χ1) is 9.04. The summed E-state index contributed by atoms with van der Waals surface area (Å²) >= 11 is 0. The van der Waals surface area contributed by atoms with Crippen LogP contribution in [0.1, 0.15) is 42.6 Å². The van der Waals surface area contributed by atoms with Gasteiger partial charge < -0.3 is 10.4 Å². The number of carboxylic acid groups (broad SMARTS) is 1. The normalized spacial score (nSPS) is 11.9. The molecule has 1 atom stereocenters. The minimum absolute atomic E-state index is 0.0374. The lowest BCUT2D eigenvalue weighted by molar-refractivity contribution is -0.124. The molecule has 1 unspecified atom stereocenters. The monoisotopic (exact) mass is 263 g/mol. The Morgan fingerprint density at radius 1 is 1.37 bits per heavy atom. The summed E-state index contributed by atoms with van der Waals surface area (Å²) in [4.78, 5) is 22.5. The van der Waals surface area contributed by atoms with Gasteiger partial charge in [0.1, 0.15) is 0 Å². The highest BCUT2D eigenvalue weighted by atomic mass is 16.4. The molecule has 1 aromatic carbocycles. The third kappa shape index (κ3) is 5.12. The third-order valence-corrected chi connectivity index (χ3v) is 3.06. The topological polar surface area (TPSA) is 66.4 Å². The molecule has 0 bridgehead atoms. The number of amides is 1. The number of carboxylic acids is 1. The van der Waals surface area contributed by atoms with E-state index >= 15 is 0 Å². The van der Waals surface area contributed by atoms with Crippen LogP contribution in [0, 0.1) is 5.92 Å². The standard InChI is InChI=1S/C15H21NO3/c1-3-5-11(2)14(17)16-9-8-12-6-4-7-13(10-12)15(18)19/h4,6-7,10-11H,3,5,8-9H2,1-2H3,(H,16,17)(H,18,19). The molecular weight excluding hydrogens is 242 g/mol. The molecule has 0 saturated carbocycles. The van der Waals surface area contributed by atoms with Gasteiger partial charge in [0.2, 0.25) is 5.91 Å². The van der Waals surface area contributed by atoms with Crippen LogP contribution >= 0.6 is 0 Å². The van der Waals surface area contributed by atoms with Crippen LogP contribution in [-0.2, 0) is 11.2 Å². The number of carbonyl (C=O) groups excluding carboxylic acids is 1. The molecule has 19 heavy (non-hydrogen) atoms. The maximum Gasteiger partial charge on any atom is 0.335 e. The van der Waals surface area contributed by atoms with Crippen molar-refractivity contribution in [3.63, 3.8) is 0 Å². The van der Waals surface area contributed by atoms with Crippen molar-refractivity contribution >= 4 is 11.9 Å². The van der Waals surface area contributed by atoms with Gasteiger partial charge in [-0.1, -0.05) is 32.4 Å². The molecule has 0 heterocycles. The summed E-state index contributed by atoms with van der Waals surface area (Å²) in [6, 6.07) is 6.80. The lowest BCUT2D eigenvalue weighted by Crippen LogP contribution is -2.30. The van der Waals surface area contributed by atoms with Gasteiger partial charge in [-0.25, -0.2) is 4.79 Å². The molecule has 0 aliphatic heterocycles. The Bertz CT molecular complexity index is 443. The van der Waals surface area contributed by atoms with Crippen LogP contribution in [-0.4, -0.2) is 23.5 Å². The summed E-state index contributed by atoms with van der Waals surface area (Å²) in [6.07, 6.45) is 2.53. The van der Waals surface area contributed by atoms with Crippen molar-refractivity contribution in [1.29, 1.82) is 0 Å².